The van der Waals surface area contributed by atoms with Gasteiger partial charge in [0.1, 0.15) is 5.82 Å². The smallest absolute Gasteiger partial charge is 0.223 e. The second-order valence-electron chi connectivity index (χ2n) is 6.86. The lowest BCUT2D eigenvalue weighted by Crippen LogP contribution is -2.37. The van der Waals surface area contributed by atoms with Crippen LogP contribution in [0.15, 0.2) is 24.3 Å². The van der Waals surface area contributed by atoms with Crippen molar-refractivity contribution < 1.29 is 14.0 Å². The maximum absolute atomic E-state index is 13.6. The van der Waals surface area contributed by atoms with Gasteiger partial charge in [0.25, 0.3) is 0 Å². The van der Waals surface area contributed by atoms with Gasteiger partial charge in [-0.2, -0.15) is 0 Å². The lowest BCUT2D eigenvalue weighted by molar-refractivity contribution is -0.130. The number of unbranched alkanes of at least 4 members (excludes halogenated alkanes) is 2. The van der Waals surface area contributed by atoms with Gasteiger partial charge < -0.3 is 10.6 Å². The molecule has 2 amide bonds. The highest BCUT2D eigenvalue weighted by molar-refractivity contribution is 5.81. The normalized spacial score (nSPS) is 20.1. The Morgan fingerprint density at radius 1 is 1.00 bits per heavy atom. The highest BCUT2D eigenvalue weighted by Crippen LogP contribution is 2.29. The minimum absolute atomic E-state index is 0.0252. The predicted octanol–water partition coefficient (Wildman–Crippen LogP) is 3.55. The van der Waals surface area contributed by atoms with Crippen molar-refractivity contribution in [1.29, 1.82) is 0 Å². The fraction of sp³-hybridized carbons (Fsp3) is 0.600. The van der Waals surface area contributed by atoms with Crippen LogP contribution in [-0.4, -0.2) is 18.4 Å². The first-order chi connectivity index (χ1) is 12.1. The number of carbonyl (C=O) groups excluding carboxylic acids is 2. The summed E-state index contributed by atoms with van der Waals surface area (Å²) in [6, 6.07) is 6.46. The summed E-state index contributed by atoms with van der Waals surface area (Å²) in [4.78, 5) is 24.4. The van der Waals surface area contributed by atoms with Crippen LogP contribution < -0.4 is 10.6 Å². The summed E-state index contributed by atoms with van der Waals surface area (Å²) >= 11 is 0. The van der Waals surface area contributed by atoms with Crippen LogP contribution in [0.3, 0.4) is 0 Å². The number of nitrogens with one attached hydrogen (secondary N) is 2. The van der Waals surface area contributed by atoms with Gasteiger partial charge >= 0.3 is 0 Å². The third-order valence-electron chi connectivity index (χ3n) is 4.96. The molecule has 1 aromatic carbocycles. The number of halogens is 1. The summed E-state index contributed by atoms with van der Waals surface area (Å²) in [5, 5.41) is 5.83. The highest BCUT2D eigenvalue weighted by atomic mass is 19.1. The van der Waals surface area contributed by atoms with Crippen LogP contribution in [0.4, 0.5) is 4.39 Å². The predicted molar refractivity (Wildman–Crippen MR) is 96.2 cm³/mol. The summed E-state index contributed by atoms with van der Waals surface area (Å²) in [6.07, 6.45) is 6.23. The first-order valence-corrected chi connectivity index (χ1v) is 9.40. The van der Waals surface area contributed by atoms with Crippen molar-refractivity contribution in [3.63, 3.8) is 0 Å². The quantitative estimate of drug-likeness (QED) is 0.706. The van der Waals surface area contributed by atoms with Crippen LogP contribution >= 0.6 is 0 Å². The Labute approximate surface area is 149 Å². The number of benzene rings is 1. The third kappa shape index (κ3) is 6.15. The fourth-order valence-corrected chi connectivity index (χ4v) is 3.32. The van der Waals surface area contributed by atoms with Gasteiger partial charge in [-0.15, -0.1) is 0 Å². The monoisotopic (exact) mass is 348 g/mol. The maximum atomic E-state index is 13.6. The van der Waals surface area contributed by atoms with E-state index in [1.165, 1.54) is 6.07 Å². The summed E-state index contributed by atoms with van der Waals surface area (Å²) in [5.41, 5.74) is 0.496. The topological polar surface area (TPSA) is 58.2 Å². The molecule has 0 bridgehead atoms. The van der Waals surface area contributed by atoms with E-state index in [0.717, 1.165) is 51.5 Å². The van der Waals surface area contributed by atoms with Gasteiger partial charge in [0.15, 0.2) is 0 Å². The standard InChI is InChI=1S/C20H29FN2O2/c1-2-3-6-13-22-19(24)15-9-11-16(12-10-15)20(25)23-14-17-7-4-5-8-18(17)21/h4-5,7-8,15-16H,2-3,6,9-14H2,1H3,(H,22,24)(H,23,25). The zero-order valence-corrected chi connectivity index (χ0v) is 15.0. The highest BCUT2D eigenvalue weighted by Gasteiger charge is 2.29. The van der Waals surface area contributed by atoms with E-state index in [1.807, 2.05) is 0 Å². The molecule has 5 heteroatoms. The van der Waals surface area contributed by atoms with Crippen LogP contribution in [0.5, 0.6) is 0 Å². The number of carbonyl (C=O) groups is 2. The van der Waals surface area contributed by atoms with Crippen molar-refractivity contribution in [3.05, 3.63) is 35.6 Å². The molecule has 1 fully saturated rings. The van der Waals surface area contributed by atoms with Gasteiger partial charge in [-0.1, -0.05) is 38.0 Å². The molecule has 0 aromatic heterocycles. The first-order valence-electron chi connectivity index (χ1n) is 9.40. The number of rotatable bonds is 8. The Hall–Kier alpha value is -1.91. The summed E-state index contributed by atoms with van der Waals surface area (Å²) < 4.78 is 13.6. The van der Waals surface area contributed by atoms with Crippen molar-refractivity contribution in [3.8, 4) is 0 Å². The number of hydrogen-bond donors (Lipinski definition) is 2. The Morgan fingerprint density at radius 3 is 2.20 bits per heavy atom. The number of amides is 2. The van der Waals surface area contributed by atoms with Crippen LogP contribution in [0.2, 0.25) is 0 Å². The number of hydrogen-bond acceptors (Lipinski definition) is 2. The maximum Gasteiger partial charge on any atom is 0.223 e. The molecule has 0 atom stereocenters. The molecule has 138 valence electrons. The molecular formula is C20H29FN2O2. The molecule has 1 aliphatic carbocycles. The van der Waals surface area contributed by atoms with Gasteiger partial charge in [-0.3, -0.25) is 9.59 Å². The Morgan fingerprint density at radius 2 is 1.60 bits per heavy atom. The zero-order chi connectivity index (χ0) is 18.1. The second-order valence-corrected chi connectivity index (χ2v) is 6.86. The van der Waals surface area contributed by atoms with E-state index < -0.39 is 0 Å². The van der Waals surface area contributed by atoms with Gasteiger partial charge in [0, 0.05) is 30.5 Å². The molecule has 1 saturated carbocycles. The van der Waals surface area contributed by atoms with Crippen molar-refractivity contribution >= 4 is 11.8 Å². The van der Waals surface area contributed by atoms with E-state index in [0.29, 0.717) is 5.56 Å². The van der Waals surface area contributed by atoms with Crippen molar-refractivity contribution in [1.82, 2.24) is 10.6 Å². The minimum atomic E-state index is -0.300. The molecule has 25 heavy (non-hydrogen) atoms. The summed E-state index contributed by atoms with van der Waals surface area (Å²) in [5.74, 6) is -0.259. The third-order valence-corrected chi connectivity index (χ3v) is 4.96. The largest absolute Gasteiger partial charge is 0.356 e. The lowest BCUT2D eigenvalue weighted by Gasteiger charge is -2.27. The molecule has 0 unspecified atom stereocenters. The van der Waals surface area contributed by atoms with E-state index in [4.69, 9.17) is 0 Å². The van der Waals surface area contributed by atoms with Gasteiger partial charge in [0.2, 0.25) is 11.8 Å². The molecule has 0 heterocycles. The first kappa shape index (κ1) is 19.4. The summed E-state index contributed by atoms with van der Waals surface area (Å²) in [6.45, 7) is 3.10. The summed E-state index contributed by atoms with van der Waals surface area (Å²) in [7, 11) is 0. The van der Waals surface area contributed by atoms with Crippen LogP contribution in [0.1, 0.15) is 57.4 Å². The molecule has 2 N–H and O–H groups in total. The second kappa shape index (κ2) is 10.2. The van der Waals surface area contributed by atoms with Crippen molar-refractivity contribution in [2.24, 2.45) is 11.8 Å². The lowest BCUT2D eigenvalue weighted by atomic mass is 9.81. The molecule has 0 radical (unpaired) electrons. The van der Waals surface area contributed by atoms with E-state index in [1.54, 1.807) is 18.2 Å². The van der Waals surface area contributed by atoms with E-state index in [9.17, 15) is 14.0 Å². The Kier molecular flexibility index (Phi) is 7.89. The Bertz CT molecular complexity index is 569. The average molecular weight is 348 g/mol. The van der Waals surface area contributed by atoms with Crippen LogP contribution in [-0.2, 0) is 16.1 Å². The fourth-order valence-electron chi connectivity index (χ4n) is 3.32. The van der Waals surface area contributed by atoms with Crippen molar-refractivity contribution in [2.45, 2.75) is 58.4 Å². The molecule has 2 rings (SSSR count). The van der Waals surface area contributed by atoms with Crippen molar-refractivity contribution in [2.75, 3.05) is 6.54 Å². The van der Waals surface area contributed by atoms with E-state index in [2.05, 4.69) is 17.6 Å². The molecule has 0 aliphatic heterocycles. The zero-order valence-electron chi connectivity index (χ0n) is 15.0. The van der Waals surface area contributed by atoms with Crippen LogP contribution in [0.25, 0.3) is 0 Å². The minimum Gasteiger partial charge on any atom is -0.356 e. The molecule has 1 aliphatic rings. The van der Waals surface area contributed by atoms with Gasteiger partial charge in [0.05, 0.1) is 0 Å². The Balaban J connectivity index is 1.69. The SMILES string of the molecule is CCCCCNC(=O)C1CCC(C(=O)NCc2ccccc2F)CC1. The van der Waals surface area contributed by atoms with Gasteiger partial charge in [-0.25, -0.2) is 4.39 Å². The molecule has 4 nitrogen and oxygen atoms in total. The molecular weight excluding hydrogens is 319 g/mol. The van der Waals surface area contributed by atoms with Crippen LogP contribution in [0, 0.1) is 17.7 Å². The average Bonchev–Trinajstić information content (AvgIpc) is 2.64. The van der Waals surface area contributed by atoms with E-state index in [-0.39, 0.29) is 36.0 Å². The van der Waals surface area contributed by atoms with Gasteiger partial charge in [-0.05, 0) is 38.2 Å². The molecule has 1 aromatic rings. The molecule has 0 saturated heterocycles. The molecule has 0 spiro atoms. The van der Waals surface area contributed by atoms with E-state index >= 15 is 0 Å².